The number of rotatable bonds is 11. The molecule has 0 bridgehead atoms. The molecular formula is C21H29BrN2. The summed E-state index contributed by atoms with van der Waals surface area (Å²) >= 11 is 3.47. The van der Waals surface area contributed by atoms with Crippen molar-refractivity contribution in [1.29, 1.82) is 0 Å². The van der Waals surface area contributed by atoms with E-state index in [1.807, 2.05) is 12.4 Å². The third-order valence-electron chi connectivity index (χ3n) is 4.39. The molecule has 3 heteroatoms. The lowest BCUT2D eigenvalue weighted by molar-refractivity contribution is 0.575. The molecule has 0 amide bonds. The second-order valence-electron chi connectivity index (χ2n) is 6.47. The summed E-state index contributed by atoms with van der Waals surface area (Å²) in [5.74, 6) is 0.816. The second kappa shape index (κ2) is 11.4. The molecule has 0 atom stereocenters. The summed E-state index contributed by atoms with van der Waals surface area (Å²) in [4.78, 5) is 9.06. The van der Waals surface area contributed by atoms with Crippen LogP contribution in [0.4, 0.5) is 0 Å². The number of halogens is 1. The van der Waals surface area contributed by atoms with Crippen LogP contribution in [-0.4, -0.2) is 9.97 Å². The zero-order chi connectivity index (χ0) is 17.0. The number of hydrogen-bond donors (Lipinski definition) is 0. The Morgan fingerprint density at radius 3 is 1.92 bits per heavy atom. The summed E-state index contributed by atoms with van der Waals surface area (Å²) < 4.78 is 0. The van der Waals surface area contributed by atoms with Crippen LogP contribution in [0.1, 0.15) is 69.4 Å². The summed E-state index contributed by atoms with van der Waals surface area (Å²) in [5.41, 5.74) is 3.60. The molecule has 1 heterocycles. The van der Waals surface area contributed by atoms with E-state index in [0.29, 0.717) is 0 Å². The van der Waals surface area contributed by atoms with Crippen LogP contribution in [0.25, 0.3) is 11.4 Å². The van der Waals surface area contributed by atoms with Crippen molar-refractivity contribution in [1.82, 2.24) is 9.97 Å². The smallest absolute Gasteiger partial charge is 0.159 e. The predicted octanol–water partition coefficient (Wildman–Crippen LogP) is 6.72. The molecule has 1 aromatic heterocycles. The van der Waals surface area contributed by atoms with E-state index in [2.05, 4.69) is 57.1 Å². The van der Waals surface area contributed by atoms with E-state index in [4.69, 9.17) is 0 Å². The first-order valence-corrected chi connectivity index (χ1v) is 10.4. The molecule has 24 heavy (non-hydrogen) atoms. The van der Waals surface area contributed by atoms with E-state index in [0.717, 1.165) is 23.1 Å². The van der Waals surface area contributed by atoms with Crippen LogP contribution in [0.2, 0.25) is 0 Å². The van der Waals surface area contributed by atoms with E-state index in [-0.39, 0.29) is 0 Å². The molecule has 0 unspecified atom stereocenters. The van der Waals surface area contributed by atoms with E-state index in [9.17, 15) is 0 Å². The molecule has 0 saturated heterocycles. The maximum Gasteiger partial charge on any atom is 0.159 e. The van der Waals surface area contributed by atoms with Gasteiger partial charge >= 0.3 is 0 Å². The van der Waals surface area contributed by atoms with E-state index < -0.39 is 0 Å². The molecule has 130 valence electrons. The molecule has 0 fully saturated rings. The van der Waals surface area contributed by atoms with Gasteiger partial charge in [-0.15, -0.1) is 0 Å². The molecular weight excluding hydrogens is 360 g/mol. The van der Waals surface area contributed by atoms with Gasteiger partial charge in [0.05, 0.1) is 0 Å². The molecule has 0 aliphatic heterocycles. The van der Waals surface area contributed by atoms with Crippen molar-refractivity contribution < 1.29 is 0 Å². The second-order valence-corrected chi connectivity index (χ2v) is 7.03. The number of nitrogens with zero attached hydrogens (tertiary/aromatic N) is 2. The fourth-order valence-electron chi connectivity index (χ4n) is 2.84. The fourth-order valence-corrected chi connectivity index (χ4v) is 3.21. The number of alkyl halides is 1. The average Bonchev–Trinajstić information content (AvgIpc) is 2.64. The molecule has 0 saturated carbocycles. The highest BCUT2D eigenvalue weighted by molar-refractivity contribution is 9.08. The van der Waals surface area contributed by atoms with Gasteiger partial charge < -0.3 is 0 Å². The van der Waals surface area contributed by atoms with Gasteiger partial charge in [-0.05, 0) is 24.0 Å². The van der Waals surface area contributed by atoms with Gasteiger partial charge in [-0.3, -0.25) is 0 Å². The monoisotopic (exact) mass is 388 g/mol. The van der Waals surface area contributed by atoms with Gasteiger partial charge in [-0.2, -0.15) is 0 Å². The predicted molar refractivity (Wildman–Crippen MR) is 106 cm³/mol. The first-order valence-electron chi connectivity index (χ1n) is 9.29. The lowest BCUT2D eigenvalue weighted by atomic mass is 10.1. The number of hydrogen-bond acceptors (Lipinski definition) is 2. The summed E-state index contributed by atoms with van der Waals surface area (Å²) in [6.07, 6.45) is 15.9. The van der Waals surface area contributed by atoms with E-state index >= 15 is 0 Å². The Bertz CT molecular complexity index is 563. The summed E-state index contributed by atoms with van der Waals surface area (Å²) in [5, 5.41) is 0.881. The Kier molecular flexibility index (Phi) is 9.04. The van der Waals surface area contributed by atoms with Crippen molar-refractivity contribution in [2.24, 2.45) is 0 Å². The van der Waals surface area contributed by atoms with Crippen molar-refractivity contribution in [3.05, 3.63) is 47.8 Å². The van der Waals surface area contributed by atoms with Crippen molar-refractivity contribution in [3.8, 4) is 11.4 Å². The van der Waals surface area contributed by atoms with Gasteiger partial charge in [0.2, 0.25) is 0 Å². The van der Waals surface area contributed by atoms with Crippen LogP contribution in [0.5, 0.6) is 0 Å². The van der Waals surface area contributed by atoms with Crippen molar-refractivity contribution in [3.63, 3.8) is 0 Å². The van der Waals surface area contributed by atoms with Crippen molar-refractivity contribution in [2.45, 2.75) is 70.0 Å². The highest BCUT2D eigenvalue weighted by Crippen LogP contribution is 2.17. The Hall–Kier alpha value is -1.22. The Balaban J connectivity index is 1.70. The van der Waals surface area contributed by atoms with Gasteiger partial charge in [-0.1, -0.05) is 92.1 Å². The number of aryl methyl sites for hydroxylation is 1. The zero-order valence-corrected chi connectivity index (χ0v) is 16.4. The first-order chi connectivity index (χ1) is 11.8. The quantitative estimate of drug-likeness (QED) is 0.315. The topological polar surface area (TPSA) is 25.8 Å². The molecule has 0 spiro atoms. The normalized spacial score (nSPS) is 10.9. The molecule has 0 radical (unpaired) electrons. The maximum atomic E-state index is 4.53. The standard InChI is InChI=1S/C21H29BrN2/c1-2-3-4-5-6-7-8-9-10-19-16-23-21(24-17-19)20-13-11-18(15-22)12-14-20/h11-14,16-17H,2-10,15H2,1H3. The molecule has 0 aliphatic carbocycles. The lowest BCUT2D eigenvalue weighted by Gasteiger charge is -2.04. The Morgan fingerprint density at radius 1 is 0.750 bits per heavy atom. The fraction of sp³-hybridized carbons (Fsp3) is 0.524. The minimum absolute atomic E-state index is 0.816. The number of aromatic nitrogens is 2. The summed E-state index contributed by atoms with van der Waals surface area (Å²) in [6.45, 7) is 2.27. The highest BCUT2D eigenvalue weighted by atomic mass is 79.9. The van der Waals surface area contributed by atoms with Gasteiger partial charge in [0.1, 0.15) is 0 Å². The number of unbranched alkanes of at least 4 members (excludes halogenated alkanes) is 7. The zero-order valence-electron chi connectivity index (χ0n) is 14.8. The van der Waals surface area contributed by atoms with Gasteiger partial charge in [-0.25, -0.2) is 9.97 Å². The summed E-state index contributed by atoms with van der Waals surface area (Å²) in [6, 6.07) is 8.40. The molecule has 0 N–H and O–H groups in total. The summed E-state index contributed by atoms with van der Waals surface area (Å²) in [7, 11) is 0. The molecule has 2 rings (SSSR count). The van der Waals surface area contributed by atoms with Gasteiger partial charge in [0.25, 0.3) is 0 Å². The minimum Gasteiger partial charge on any atom is -0.236 e. The Labute approximate surface area is 155 Å². The first kappa shape index (κ1) is 19.1. The van der Waals surface area contributed by atoms with Crippen LogP contribution in [-0.2, 0) is 11.8 Å². The van der Waals surface area contributed by atoms with Gasteiger partial charge in [0, 0.05) is 23.3 Å². The third kappa shape index (κ3) is 6.72. The van der Waals surface area contributed by atoms with Crippen molar-refractivity contribution >= 4 is 15.9 Å². The van der Waals surface area contributed by atoms with Crippen LogP contribution in [0.3, 0.4) is 0 Å². The lowest BCUT2D eigenvalue weighted by Crippen LogP contribution is -1.93. The van der Waals surface area contributed by atoms with Crippen LogP contribution in [0, 0.1) is 0 Å². The van der Waals surface area contributed by atoms with Crippen LogP contribution >= 0.6 is 15.9 Å². The highest BCUT2D eigenvalue weighted by Gasteiger charge is 2.02. The minimum atomic E-state index is 0.816. The number of benzene rings is 1. The average molecular weight is 389 g/mol. The SMILES string of the molecule is CCCCCCCCCCc1cnc(-c2ccc(CBr)cc2)nc1. The van der Waals surface area contributed by atoms with E-state index in [1.54, 1.807) is 0 Å². The third-order valence-corrected chi connectivity index (χ3v) is 5.04. The van der Waals surface area contributed by atoms with Gasteiger partial charge in [0.15, 0.2) is 5.82 Å². The van der Waals surface area contributed by atoms with Crippen molar-refractivity contribution in [2.75, 3.05) is 0 Å². The van der Waals surface area contributed by atoms with E-state index in [1.165, 1.54) is 62.5 Å². The Morgan fingerprint density at radius 2 is 1.33 bits per heavy atom. The molecule has 0 aliphatic rings. The van der Waals surface area contributed by atoms with Crippen LogP contribution < -0.4 is 0 Å². The largest absolute Gasteiger partial charge is 0.236 e. The molecule has 2 aromatic rings. The molecule has 1 aromatic carbocycles. The molecule has 2 nitrogen and oxygen atoms in total. The van der Waals surface area contributed by atoms with Crippen LogP contribution in [0.15, 0.2) is 36.7 Å². The maximum absolute atomic E-state index is 4.53.